The van der Waals surface area contributed by atoms with Crippen LogP contribution in [-0.2, 0) is 19.0 Å². The maximum absolute atomic E-state index is 12.4. The van der Waals surface area contributed by atoms with E-state index >= 15 is 0 Å². The number of allylic oxidation sites excluding steroid dienone is 1. The lowest BCUT2D eigenvalue weighted by Gasteiger charge is -2.44. The van der Waals surface area contributed by atoms with Gasteiger partial charge in [0.25, 0.3) is 0 Å². The fourth-order valence-electron chi connectivity index (χ4n) is 5.95. The maximum atomic E-state index is 12.4. The van der Waals surface area contributed by atoms with Crippen LogP contribution >= 0.6 is 0 Å². The van der Waals surface area contributed by atoms with Gasteiger partial charge < -0.3 is 14.2 Å². The van der Waals surface area contributed by atoms with E-state index in [4.69, 9.17) is 14.2 Å². The first-order valence-electron chi connectivity index (χ1n) is 9.56. The normalized spacial score (nSPS) is 48.7. The van der Waals surface area contributed by atoms with Crippen molar-refractivity contribution in [2.45, 2.75) is 83.7 Å². The van der Waals surface area contributed by atoms with Gasteiger partial charge in [-0.3, -0.25) is 0 Å². The molecule has 4 heteroatoms. The molecule has 3 aliphatic heterocycles. The number of fused-ring (bicyclic) bond motifs is 6. The zero-order chi connectivity index (χ0) is 18.0. The van der Waals surface area contributed by atoms with Gasteiger partial charge in [0.1, 0.15) is 0 Å². The summed E-state index contributed by atoms with van der Waals surface area (Å²) in [6, 6.07) is 0. The molecule has 0 aromatic carbocycles. The molecule has 2 unspecified atom stereocenters. The Morgan fingerprint density at radius 3 is 2.72 bits per heavy atom. The molecule has 3 heterocycles. The van der Waals surface area contributed by atoms with Crippen molar-refractivity contribution < 1.29 is 19.0 Å². The highest BCUT2D eigenvalue weighted by atomic mass is 16.7. The van der Waals surface area contributed by atoms with Gasteiger partial charge >= 0.3 is 5.97 Å². The third kappa shape index (κ3) is 2.30. The fraction of sp³-hybridized carbons (Fsp3) is 0.762. The van der Waals surface area contributed by atoms with Crippen molar-refractivity contribution >= 4 is 5.97 Å². The fourth-order valence-corrected chi connectivity index (χ4v) is 5.95. The lowest BCUT2D eigenvalue weighted by Crippen LogP contribution is -2.45. The summed E-state index contributed by atoms with van der Waals surface area (Å²) in [4.78, 5) is 12.4. The second-order valence-corrected chi connectivity index (χ2v) is 8.94. The smallest absolute Gasteiger partial charge is 0.336 e. The van der Waals surface area contributed by atoms with Crippen LogP contribution in [-0.4, -0.2) is 30.6 Å². The number of hydrogen-bond donors (Lipinski definition) is 0. The molecular weight excluding hydrogens is 316 g/mol. The number of ether oxygens (including phenoxy) is 3. The molecule has 4 rings (SSSR count). The van der Waals surface area contributed by atoms with Crippen molar-refractivity contribution in [2.24, 2.45) is 11.3 Å². The van der Waals surface area contributed by atoms with Crippen LogP contribution in [0.1, 0.15) is 66.2 Å². The first kappa shape index (κ1) is 17.3. The van der Waals surface area contributed by atoms with Crippen molar-refractivity contribution in [1.82, 2.24) is 0 Å². The van der Waals surface area contributed by atoms with Gasteiger partial charge in [-0.25, -0.2) is 4.79 Å². The van der Waals surface area contributed by atoms with Gasteiger partial charge in [-0.2, -0.15) is 0 Å². The Morgan fingerprint density at radius 2 is 2.00 bits per heavy atom. The van der Waals surface area contributed by atoms with Crippen LogP contribution < -0.4 is 0 Å². The SMILES string of the molecule is CO[C@@]12C/C(C)=C/CC[C@@]3(C)C4CCC(C)(O4)[C@@H]3CC1=C(C)C(=O)O2. The van der Waals surface area contributed by atoms with Crippen LogP contribution in [0, 0.1) is 11.3 Å². The molecule has 2 saturated heterocycles. The zero-order valence-corrected chi connectivity index (χ0v) is 16.1. The van der Waals surface area contributed by atoms with Gasteiger partial charge in [0.05, 0.1) is 11.7 Å². The summed E-state index contributed by atoms with van der Waals surface area (Å²) in [7, 11) is 1.66. The van der Waals surface area contributed by atoms with E-state index in [0.717, 1.165) is 43.3 Å². The molecule has 0 saturated carbocycles. The van der Waals surface area contributed by atoms with Crippen molar-refractivity contribution in [1.29, 1.82) is 0 Å². The maximum Gasteiger partial charge on any atom is 0.336 e. The largest absolute Gasteiger partial charge is 0.425 e. The molecule has 5 atom stereocenters. The third-order valence-electron chi connectivity index (χ3n) is 7.48. The molecule has 2 bridgehead atoms. The van der Waals surface area contributed by atoms with Crippen LogP contribution in [0.15, 0.2) is 22.8 Å². The minimum atomic E-state index is -0.932. The minimum Gasteiger partial charge on any atom is -0.425 e. The lowest BCUT2D eigenvalue weighted by molar-refractivity contribution is -0.193. The number of carbonyl (C=O) groups excluding carboxylic acids is 1. The van der Waals surface area contributed by atoms with Crippen LogP contribution in [0.3, 0.4) is 0 Å². The van der Waals surface area contributed by atoms with E-state index in [9.17, 15) is 4.79 Å². The molecule has 1 aliphatic carbocycles. The minimum absolute atomic E-state index is 0.101. The van der Waals surface area contributed by atoms with Crippen molar-refractivity contribution in [3.05, 3.63) is 22.8 Å². The van der Waals surface area contributed by atoms with Gasteiger partial charge in [-0.05, 0) is 64.2 Å². The monoisotopic (exact) mass is 346 g/mol. The average Bonchev–Trinajstić information content (AvgIpc) is 3.12. The van der Waals surface area contributed by atoms with Crippen LogP contribution in [0.2, 0.25) is 0 Å². The zero-order valence-electron chi connectivity index (χ0n) is 16.1. The quantitative estimate of drug-likeness (QED) is 0.525. The second kappa shape index (κ2) is 5.43. The number of hydrogen-bond acceptors (Lipinski definition) is 4. The predicted molar refractivity (Wildman–Crippen MR) is 94.9 cm³/mol. The Labute approximate surface area is 150 Å². The van der Waals surface area contributed by atoms with Gasteiger partial charge in [-0.15, -0.1) is 0 Å². The molecule has 0 spiro atoms. The summed E-state index contributed by atoms with van der Waals surface area (Å²) in [6.07, 6.45) is 8.49. The standard InChI is InChI=1S/C21H30O4/c1-13-7-6-9-19(3)16(20(4)10-8-17(19)24-20)11-15-14(2)18(22)25-21(15,12-13)23-5/h7,16-17H,6,8-12H2,1-5H3/b13-7+/t16-,17?,19-,20?,21-/m1/s1. The van der Waals surface area contributed by atoms with E-state index in [-0.39, 0.29) is 17.0 Å². The van der Waals surface area contributed by atoms with E-state index in [1.807, 2.05) is 6.92 Å². The molecule has 2 fully saturated rings. The molecule has 138 valence electrons. The number of rotatable bonds is 1. The van der Waals surface area contributed by atoms with Crippen LogP contribution in [0.5, 0.6) is 0 Å². The van der Waals surface area contributed by atoms with Crippen molar-refractivity contribution in [2.75, 3.05) is 7.11 Å². The average molecular weight is 346 g/mol. The summed E-state index contributed by atoms with van der Waals surface area (Å²) in [6.45, 7) is 8.65. The van der Waals surface area contributed by atoms with Gasteiger partial charge in [0.2, 0.25) is 5.79 Å². The van der Waals surface area contributed by atoms with Gasteiger partial charge in [0, 0.05) is 24.7 Å². The Bertz CT molecular complexity index is 677. The van der Waals surface area contributed by atoms with Crippen molar-refractivity contribution in [3.8, 4) is 0 Å². The number of carbonyl (C=O) groups is 1. The van der Waals surface area contributed by atoms with E-state index in [0.29, 0.717) is 18.4 Å². The summed E-state index contributed by atoms with van der Waals surface area (Å²) in [5.74, 6) is -0.780. The van der Waals surface area contributed by atoms with E-state index in [1.165, 1.54) is 5.57 Å². The molecule has 4 aliphatic rings. The molecule has 0 N–H and O–H groups in total. The summed E-state index contributed by atoms with van der Waals surface area (Å²) in [5, 5.41) is 0. The Balaban J connectivity index is 1.83. The van der Waals surface area contributed by atoms with E-state index < -0.39 is 5.79 Å². The lowest BCUT2D eigenvalue weighted by atomic mass is 9.58. The van der Waals surface area contributed by atoms with Crippen molar-refractivity contribution in [3.63, 3.8) is 0 Å². The first-order valence-corrected chi connectivity index (χ1v) is 9.56. The summed E-state index contributed by atoms with van der Waals surface area (Å²) in [5.41, 5.74) is 3.02. The van der Waals surface area contributed by atoms with E-state index in [1.54, 1.807) is 7.11 Å². The Hall–Kier alpha value is -1.13. The molecule has 0 radical (unpaired) electrons. The highest BCUT2D eigenvalue weighted by molar-refractivity contribution is 5.92. The second-order valence-electron chi connectivity index (χ2n) is 8.94. The number of esters is 1. The molecule has 0 aromatic heterocycles. The first-order chi connectivity index (χ1) is 11.7. The van der Waals surface area contributed by atoms with E-state index in [2.05, 4.69) is 26.8 Å². The summed E-state index contributed by atoms with van der Waals surface area (Å²) < 4.78 is 18.1. The predicted octanol–water partition coefficient (Wildman–Crippen LogP) is 4.30. The van der Waals surface area contributed by atoms with Gasteiger partial charge in [0.15, 0.2) is 0 Å². The highest BCUT2D eigenvalue weighted by Crippen LogP contribution is 2.62. The highest BCUT2D eigenvalue weighted by Gasteiger charge is 2.63. The summed E-state index contributed by atoms with van der Waals surface area (Å²) >= 11 is 0. The number of methoxy groups -OCH3 is 1. The molecular formula is C21H30O4. The third-order valence-corrected chi connectivity index (χ3v) is 7.48. The molecule has 4 nitrogen and oxygen atoms in total. The Morgan fingerprint density at radius 1 is 1.24 bits per heavy atom. The topological polar surface area (TPSA) is 44.8 Å². The molecule has 0 aromatic rings. The molecule has 25 heavy (non-hydrogen) atoms. The van der Waals surface area contributed by atoms with Crippen LogP contribution in [0.25, 0.3) is 0 Å². The van der Waals surface area contributed by atoms with Gasteiger partial charge in [-0.1, -0.05) is 18.6 Å². The Kier molecular flexibility index (Phi) is 3.76. The molecule has 0 amide bonds. The van der Waals surface area contributed by atoms with Crippen LogP contribution in [0.4, 0.5) is 0 Å².